The first-order valence-electron chi connectivity index (χ1n) is 9.23. The summed E-state index contributed by atoms with van der Waals surface area (Å²) < 4.78 is 28.1. The summed E-state index contributed by atoms with van der Waals surface area (Å²) in [5.74, 6) is 0. The van der Waals surface area contributed by atoms with Crippen molar-refractivity contribution in [2.24, 2.45) is 0 Å². The van der Waals surface area contributed by atoms with E-state index in [-0.39, 0.29) is 6.42 Å². The van der Waals surface area contributed by atoms with Crippen LogP contribution in [0.2, 0.25) is 0 Å². The zero-order valence-electron chi connectivity index (χ0n) is 15.7. The summed E-state index contributed by atoms with van der Waals surface area (Å²) in [5.41, 5.74) is 5.35. The molecule has 1 heterocycles. The van der Waals surface area contributed by atoms with Crippen LogP contribution in [0.3, 0.4) is 0 Å². The van der Waals surface area contributed by atoms with Crippen molar-refractivity contribution in [1.82, 2.24) is 0 Å². The minimum Gasteiger partial charge on any atom is -0.353 e. The summed E-state index contributed by atoms with van der Waals surface area (Å²) in [6.45, 7) is 11.9. The van der Waals surface area contributed by atoms with Gasteiger partial charge in [0.2, 0.25) is 6.30 Å². The van der Waals surface area contributed by atoms with E-state index in [1.807, 2.05) is 18.2 Å². The second-order valence-electron chi connectivity index (χ2n) is 7.68. The molecule has 3 heteroatoms. The Labute approximate surface area is 155 Å². The first-order chi connectivity index (χ1) is 12.3. The third kappa shape index (κ3) is 3.82. The van der Waals surface area contributed by atoms with Gasteiger partial charge in [-0.05, 0) is 79.5 Å². The molecule has 0 saturated heterocycles. The van der Waals surface area contributed by atoms with Crippen LogP contribution in [-0.2, 0) is 6.42 Å². The van der Waals surface area contributed by atoms with E-state index in [9.17, 15) is 8.78 Å². The third-order valence-electron chi connectivity index (χ3n) is 5.40. The van der Waals surface area contributed by atoms with Crippen LogP contribution < -0.4 is 5.32 Å². The summed E-state index contributed by atoms with van der Waals surface area (Å²) in [4.78, 5) is 0. The molecule has 2 aliphatic rings. The highest BCUT2D eigenvalue weighted by molar-refractivity contribution is 5.69. The Morgan fingerprint density at radius 2 is 2.00 bits per heavy atom. The Kier molecular flexibility index (Phi) is 5.17. The number of nitrogens with one attached hydrogen (secondary N) is 1. The van der Waals surface area contributed by atoms with E-state index in [0.717, 1.165) is 48.0 Å². The molecule has 2 atom stereocenters. The summed E-state index contributed by atoms with van der Waals surface area (Å²) in [6, 6.07) is 5.68. The van der Waals surface area contributed by atoms with Crippen LogP contribution in [0.1, 0.15) is 50.7 Å². The zero-order chi connectivity index (χ0) is 18.9. The monoisotopic (exact) mass is 355 g/mol. The quantitative estimate of drug-likeness (QED) is 0.580. The molecule has 1 N–H and O–H groups in total. The maximum atomic E-state index is 14.3. The van der Waals surface area contributed by atoms with Gasteiger partial charge in [-0.1, -0.05) is 36.9 Å². The van der Waals surface area contributed by atoms with Gasteiger partial charge in [-0.2, -0.15) is 0 Å². The number of rotatable bonds is 5. The van der Waals surface area contributed by atoms with E-state index in [2.05, 4.69) is 37.6 Å². The van der Waals surface area contributed by atoms with Crippen LogP contribution in [0.25, 0.3) is 5.57 Å². The highest BCUT2D eigenvalue weighted by Crippen LogP contribution is 2.36. The Hall–Kier alpha value is -2.16. The SMILES string of the molecule is C=C(CCC(=C)c1ccc2c(c1)CC(C)(F)C(F)N2)C1=C(C)CCC=C1. The van der Waals surface area contributed by atoms with Gasteiger partial charge < -0.3 is 5.32 Å². The van der Waals surface area contributed by atoms with Crippen molar-refractivity contribution in [2.45, 2.75) is 57.9 Å². The normalized spacial score (nSPS) is 24.8. The Balaban J connectivity index is 1.68. The number of fused-ring (bicyclic) bond motifs is 1. The van der Waals surface area contributed by atoms with Crippen molar-refractivity contribution in [2.75, 3.05) is 5.32 Å². The first-order valence-corrected chi connectivity index (χ1v) is 9.23. The fourth-order valence-corrected chi connectivity index (χ4v) is 3.63. The maximum Gasteiger partial charge on any atom is 0.204 e. The molecule has 0 bridgehead atoms. The van der Waals surface area contributed by atoms with E-state index in [1.165, 1.54) is 18.1 Å². The molecule has 0 amide bonds. The lowest BCUT2D eigenvalue weighted by Crippen LogP contribution is -2.43. The highest BCUT2D eigenvalue weighted by Gasteiger charge is 2.39. The first kappa shape index (κ1) is 18.6. The van der Waals surface area contributed by atoms with Crippen molar-refractivity contribution in [3.8, 4) is 0 Å². The molecule has 1 aromatic carbocycles. The molecule has 26 heavy (non-hydrogen) atoms. The van der Waals surface area contributed by atoms with Crippen LogP contribution in [0.5, 0.6) is 0 Å². The predicted octanol–water partition coefficient (Wildman–Crippen LogP) is 6.69. The molecule has 3 rings (SSSR count). The highest BCUT2D eigenvalue weighted by atomic mass is 19.2. The van der Waals surface area contributed by atoms with Gasteiger partial charge in [-0.15, -0.1) is 0 Å². The number of halogens is 2. The van der Waals surface area contributed by atoms with Crippen molar-refractivity contribution < 1.29 is 8.78 Å². The zero-order valence-corrected chi connectivity index (χ0v) is 15.7. The minimum atomic E-state index is -1.89. The molecule has 0 radical (unpaired) electrons. The van der Waals surface area contributed by atoms with Crippen LogP contribution in [0.15, 0.2) is 60.2 Å². The van der Waals surface area contributed by atoms with Gasteiger partial charge in [0.15, 0.2) is 5.67 Å². The van der Waals surface area contributed by atoms with Gasteiger partial charge in [-0.3, -0.25) is 0 Å². The molecule has 0 fully saturated rings. The molecular formula is C23H27F2N. The lowest BCUT2D eigenvalue weighted by Gasteiger charge is -2.32. The number of hydrogen-bond acceptors (Lipinski definition) is 1. The molecule has 0 aromatic heterocycles. The third-order valence-corrected chi connectivity index (χ3v) is 5.40. The van der Waals surface area contributed by atoms with Crippen molar-refractivity contribution >= 4 is 11.3 Å². The molecule has 1 aromatic rings. The smallest absolute Gasteiger partial charge is 0.204 e. The average molecular weight is 355 g/mol. The maximum absolute atomic E-state index is 14.3. The van der Waals surface area contributed by atoms with Crippen molar-refractivity contribution in [3.05, 3.63) is 71.4 Å². The lowest BCUT2D eigenvalue weighted by molar-refractivity contribution is 0.0793. The Bertz CT molecular complexity index is 798. The molecule has 138 valence electrons. The number of hydrogen-bond donors (Lipinski definition) is 1. The van der Waals surface area contributed by atoms with E-state index in [1.54, 1.807) is 0 Å². The van der Waals surface area contributed by atoms with Crippen LogP contribution in [-0.4, -0.2) is 12.0 Å². The van der Waals surface area contributed by atoms with Crippen molar-refractivity contribution in [1.29, 1.82) is 0 Å². The lowest BCUT2D eigenvalue weighted by atomic mass is 9.88. The van der Waals surface area contributed by atoms with Crippen LogP contribution in [0.4, 0.5) is 14.5 Å². The van der Waals surface area contributed by atoms with Gasteiger partial charge in [0, 0.05) is 12.1 Å². The van der Waals surface area contributed by atoms with Gasteiger partial charge in [0.1, 0.15) is 0 Å². The summed E-state index contributed by atoms with van der Waals surface area (Å²) >= 11 is 0. The second-order valence-corrected chi connectivity index (χ2v) is 7.68. The van der Waals surface area contributed by atoms with E-state index in [0.29, 0.717) is 5.69 Å². The topological polar surface area (TPSA) is 12.0 Å². The second kappa shape index (κ2) is 7.22. The van der Waals surface area contributed by atoms with Gasteiger partial charge in [-0.25, -0.2) is 8.78 Å². The standard InChI is InChI=1S/C23H27F2N/c1-15(9-10-17(3)20-8-6-5-7-16(20)2)18-11-12-21-19(13-18)14-23(4,25)22(24)26-21/h6,8,11-13,22,26H,1,3,5,7,9-10,14H2,2,4H3. The fourth-order valence-electron chi connectivity index (χ4n) is 3.63. The minimum absolute atomic E-state index is 0.0706. The predicted molar refractivity (Wildman–Crippen MR) is 107 cm³/mol. The molecule has 2 unspecified atom stereocenters. The molecule has 1 aliphatic carbocycles. The van der Waals surface area contributed by atoms with Crippen LogP contribution >= 0.6 is 0 Å². The average Bonchev–Trinajstić information content (AvgIpc) is 2.60. The molecule has 0 saturated carbocycles. The molecule has 1 nitrogen and oxygen atoms in total. The van der Waals surface area contributed by atoms with E-state index < -0.39 is 12.0 Å². The Morgan fingerprint density at radius 3 is 2.73 bits per heavy atom. The van der Waals surface area contributed by atoms with Gasteiger partial charge in [0.25, 0.3) is 0 Å². The number of anilines is 1. The number of alkyl halides is 2. The fraction of sp³-hybridized carbons (Fsp3) is 0.391. The largest absolute Gasteiger partial charge is 0.353 e. The van der Waals surface area contributed by atoms with E-state index >= 15 is 0 Å². The number of benzene rings is 1. The number of allylic oxidation sites excluding steroid dienone is 6. The molecule has 1 aliphatic heterocycles. The van der Waals surface area contributed by atoms with E-state index in [4.69, 9.17) is 0 Å². The molecule has 0 spiro atoms. The van der Waals surface area contributed by atoms with Gasteiger partial charge in [0.05, 0.1) is 0 Å². The van der Waals surface area contributed by atoms with Gasteiger partial charge >= 0.3 is 0 Å². The molecular weight excluding hydrogens is 328 g/mol. The summed E-state index contributed by atoms with van der Waals surface area (Å²) in [7, 11) is 0. The van der Waals surface area contributed by atoms with Crippen molar-refractivity contribution in [3.63, 3.8) is 0 Å². The van der Waals surface area contributed by atoms with Crippen LogP contribution in [0, 0.1) is 0 Å². The Morgan fingerprint density at radius 1 is 1.27 bits per heavy atom. The summed E-state index contributed by atoms with van der Waals surface area (Å²) in [5, 5.41) is 2.62. The summed E-state index contributed by atoms with van der Waals surface area (Å²) in [6.07, 6.45) is 6.61.